The third kappa shape index (κ3) is 2.96. The maximum atomic E-state index is 12.5. The van der Waals surface area contributed by atoms with Crippen molar-refractivity contribution < 1.29 is 9.21 Å². The Bertz CT molecular complexity index is 662. The van der Waals surface area contributed by atoms with Crippen LogP contribution in [0.2, 0.25) is 0 Å². The number of aromatic nitrogens is 1. The van der Waals surface area contributed by atoms with Crippen molar-refractivity contribution >= 4 is 35.1 Å². The molecular formula is C16H22ClN3O2. The number of benzene rings is 1. The van der Waals surface area contributed by atoms with E-state index in [0.29, 0.717) is 12.4 Å². The van der Waals surface area contributed by atoms with Gasteiger partial charge in [0.05, 0.1) is 5.41 Å². The number of nitrogens with two attached hydrogens (primary N) is 1. The fraction of sp³-hybridized carbons (Fsp3) is 0.500. The maximum Gasteiger partial charge on any atom is 0.231 e. The second kappa shape index (κ2) is 6.67. The van der Waals surface area contributed by atoms with Crippen molar-refractivity contribution in [2.24, 2.45) is 11.1 Å². The van der Waals surface area contributed by atoms with Crippen LogP contribution in [0.15, 0.2) is 22.6 Å². The molecular weight excluding hydrogens is 302 g/mol. The lowest BCUT2D eigenvalue weighted by Gasteiger charge is -2.25. The normalized spacial score (nSPS) is 16.5. The minimum atomic E-state index is -0.395. The van der Waals surface area contributed by atoms with Crippen LogP contribution in [0.5, 0.6) is 0 Å². The molecule has 1 saturated carbocycles. The van der Waals surface area contributed by atoms with E-state index in [1.165, 1.54) is 0 Å². The highest BCUT2D eigenvalue weighted by molar-refractivity contribution is 5.97. The lowest BCUT2D eigenvalue weighted by molar-refractivity contribution is -0.124. The van der Waals surface area contributed by atoms with Crippen LogP contribution >= 0.6 is 12.4 Å². The van der Waals surface area contributed by atoms with E-state index in [9.17, 15) is 4.79 Å². The first kappa shape index (κ1) is 16.8. The molecule has 1 aromatic carbocycles. The average Bonchev–Trinajstić information content (AvgIpc) is 3.13. The molecule has 1 amide bonds. The molecule has 0 atom stereocenters. The summed E-state index contributed by atoms with van der Waals surface area (Å²) in [7, 11) is 0. The lowest BCUT2D eigenvalue weighted by Crippen LogP contribution is -2.40. The van der Waals surface area contributed by atoms with Gasteiger partial charge < -0.3 is 15.5 Å². The number of anilines is 1. The fourth-order valence-electron chi connectivity index (χ4n) is 3.04. The molecule has 5 nitrogen and oxygen atoms in total. The summed E-state index contributed by atoms with van der Waals surface area (Å²) in [6.45, 7) is 2.41. The molecule has 0 unspecified atom stereocenters. The molecule has 1 aliphatic carbocycles. The molecule has 0 aliphatic heterocycles. The Hall–Kier alpha value is -1.59. The molecule has 0 saturated heterocycles. The van der Waals surface area contributed by atoms with Crippen molar-refractivity contribution in [3.63, 3.8) is 0 Å². The van der Waals surface area contributed by atoms with Gasteiger partial charge in [0, 0.05) is 18.7 Å². The van der Waals surface area contributed by atoms with E-state index in [-0.39, 0.29) is 18.3 Å². The van der Waals surface area contributed by atoms with Crippen molar-refractivity contribution in [3.8, 4) is 0 Å². The highest BCUT2D eigenvalue weighted by Gasteiger charge is 2.39. The summed E-state index contributed by atoms with van der Waals surface area (Å²) in [5, 5.41) is 2.99. The third-order valence-electron chi connectivity index (χ3n) is 4.43. The topological polar surface area (TPSA) is 81.2 Å². The predicted molar refractivity (Wildman–Crippen MR) is 89.2 cm³/mol. The first-order valence-electron chi connectivity index (χ1n) is 7.58. The molecule has 0 radical (unpaired) electrons. The van der Waals surface area contributed by atoms with Crippen LogP contribution in [0.25, 0.3) is 11.1 Å². The second-order valence-electron chi connectivity index (χ2n) is 5.79. The van der Waals surface area contributed by atoms with Crippen LogP contribution < -0.4 is 11.1 Å². The monoisotopic (exact) mass is 323 g/mol. The van der Waals surface area contributed by atoms with Crippen molar-refractivity contribution in [2.75, 3.05) is 11.9 Å². The molecule has 0 spiro atoms. The van der Waals surface area contributed by atoms with Crippen LogP contribution in [-0.4, -0.2) is 17.4 Å². The predicted octanol–water partition coefficient (Wildman–Crippen LogP) is 3.27. The van der Waals surface area contributed by atoms with E-state index in [1.54, 1.807) is 0 Å². The summed E-state index contributed by atoms with van der Waals surface area (Å²) in [4.78, 5) is 16.9. The zero-order valence-corrected chi connectivity index (χ0v) is 13.5. The Balaban J connectivity index is 0.00000176. The van der Waals surface area contributed by atoms with Gasteiger partial charge in [-0.3, -0.25) is 4.79 Å². The number of halogens is 1. The highest BCUT2D eigenvalue weighted by atomic mass is 35.5. The van der Waals surface area contributed by atoms with Crippen molar-refractivity contribution in [1.82, 2.24) is 4.98 Å². The molecule has 0 bridgehead atoms. The number of fused-ring (bicyclic) bond motifs is 1. The molecule has 1 aromatic heterocycles. The summed E-state index contributed by atoms with van der Waals surface area (Å²) >= 11 is 0. The zero-order chi connectivity index (χ0) is 14.9. The summed E-state index contributed by atoms with van der Waals surface area (Å²) in [5.74, 6) is 0.740. The number of carbonyl (C=O) groups is 1. The molecule has 3 N–H and O–H groups in total. The van der Waals surface area contributed by atoms with Crippen LogP contribution in [0.3, 0.4) is 0 Å². The largest absolute Gasteiger partial charge is 0.441 e. The minimum absolute atomic E-state index is 0. The molecule has 2 aromatic rings. The number of aryl methyl sites for hydroxylation is 1. The summed E-state index contributed by atoms with van der Waals surface area (Å²) < 4.78 is 5.57. The molecule has 3 rings (SSSR count). The molecule has 22 heavy (non-hydrogen) atoms. The minimum Gasteiger partial charge on any atom is -0.441 e. The quantitative estimate of drug-likeness (QED) is 0.904. The Morgan fingerprint density at radius 2 is 2.14 bits per heavy atom. The zero-order valence-electron chi connectivity index (χ0n) is 12.7. The van der Waals surface area contributed by atoms with Gasteiger partial charge in [-0.1, -0.05) is 19.8 Å². The Labute approximate surface area is 136 Å². The second-order valence-corrected chi connectivity index (χ2v) is 5.79. The number of hydrogen-bond donors (Lipinski definition) is 2. The smallest absolute Gasteiger partial charge is 0.231 e. The molecule has 1 heterocycles. The number of amides is 1. The molecule has 120 valence electrons. The summed E-state index contributed by atoms with van der Waals surface area (Å²) in [5.41, 5.74) is 7.73. The van der Waals surface area contributed by atoms with Gasteiger partial charge in [-0.15, -0.1) is 12.4 Å². The van der Waals surface area contributed by atoms with Gasteiger partial charge in [-0.05, 0) is 31.0 Å². The van der Waals surface area contributed by atoms with Crippen molar-refractivity contribution in [1.29, 1.82) is 0 Å². The van der Waals surface area contributed by atoms with E-state index in [2.05, 4.69) is 10.3 Å². The van der Waals surface area contributed by atoms with Crippen molar-refractivity contribution in [3.05, 3.63) is 24.1 Å². The van der Waals surface area contributed by atoms with Gasteiger partial charge in [0.1, 0.15) is 5.52 Å². The van der Waals surface area contributed by atoms with E-state index in [0.717, 1.165) is 48.9 Å². The van der Waals surface area contributed by atoms with Gasteiger partial charge >= 0.3 is 0 Å². The van der Waals surface area contributed by atoms with Gasteiger partial charge in [0.15, 0.2) is 11.5 Å². The molecule has 1 aliphatic rings. The fourth-order valence-corrected chi connectivity index (χ4v) is 3.04. The Morgan fingerprint density at radius 1 is 1.41 bits per heavy atom. The highest BCUT2D eigenvalue weighted by Crippen LogP contribution is 2.38. The average molecular weight is 324 g/mol. The summed E-state index contributed by atoms with van der Waals surface area (Å²) in [6.07, 6.45) is 4.66. The molecule has 1 fully saturated rings. The van der Waals surface area contributed by atoms with E-state index >= 15 is 0 Å². The van der Waals surface area contributed by atoms with E-state index in [1.807, 2.05) is 25.1 Å². The standard InChI is InChI=1S/C16H21N3O2.ClH/c1-2-14-19-12-9-11(5-6-13(12)21-14)18-15(20)16(10-17)7-3-4-8-16;/h5-6,9H,2-4,7-8,10,17H2,1H3,(H,18,20);1H. The van der Waals surface area contributed by atoms with Gasteiger partial charge in [-0.25, -0.2) is 4.98 Å². The summed E-state index contributed by atoms with van der Waals surface area (Å²) in [6, 6.07) is 5.56. The lowest BCUT2D eigenvalue weighted by atomic mass is 9.85. The first-order chi connectivity index (χ1) is 10.2. The van der Waals surface area contributed by atoms with Gasteiger partial charge in [0.25, 0.3) is 0 Å². The number of nitrogens with one attached hydrogen (secondary N) is 1. The van der Waals surface area contributed by atoms with Crippen LogP contribution in [0.1, 0.15) is 38.5 Å². The number of carbonyl (C=O) groups excluding carboxylic acids is 1. The maximum absolute atomic E-state index is 12.5. The molecule has 6 heteroatoms. The number of hydrogen-bond acceptors (Lipinski definition) is 4. The van der Waals surface area contributed by atoms with Crippen LogP contribution in [-0.2, 0) is 11.2 Å². The third-order valence-corrected chi connectivity index (χ3v) is 4.43. The number of rotatable bonds is 4. The number of oxazole rings is 1. The SMILES string of the molecule is CCc1nc2cc(NC(=O)C3(CN)CCCC3)ccc2o1.Cl. The van der Waals surface area contributed by atoms with Gasteiger partial charge in [0.2, 0.25) is 5.91 Å². The Morgan fingerprint density at radius 3 is 2.77 bits per heavy atom. The van der Waals surface area contributed by atoms with Crippen LogP contribution in [0.4, 0.5) is 5.69 Å². The van der Waals surface area contributed by atoms with E-state index in [4.69, 9.17) is 10.2 Å². The van der Waals surface area contributed by atoms with Gasteiger partial charge in [-0.2, -0.15) is 0 Å². The number of nitrogens with zero attached hydrogens (tertiary/aromatic N) is 1. The Kier molecular flexibility index (Phi) is 5.08. The van der Waals surface area contributed by atoms with Crippen LogP contribution in [0, 0.1) is 5.41 Å². The van der Waals surface area contributed by atoms with Crippen molar-refractivity contribution in [2.45, 2.75) is 39.0 Å². The first-order valence-corrected chi connectivity index (χ1v) is 7.58. The van der Waals surface area contributed by atoms with E-state index < -0.39 is 5.41 Å².